The second-order valence-electron chi connectivity index (χ2n) is 3.56. The third kappa shape index (κ3) is 1.77. The van der Waals surface area contributed by atoms with E-state index in [1.54, 1.807) is 22.7 Å². The molecule has 16 heavy (non-hydrogen) atoms. The summed E-state index contributed by atoms with van der Waals surface area (Å²) in [6.07, 6.45) is 0. The SMILES string of the molecule is ClC(c1cccs1)c1cc2ccccc2s1. The van der Waals surface area contributed by atoms with Gasteiger partial charge in [-0.15, -0.1) is 34.3 Å². The lowest BCUT2D eigenvalue weighted by Crippen LogP contribution is -1.83. The monoisotopic (exact) mass is 264 g/mol. The zero-order valence-electron chi connectivity index (χ0n) is 8.39. The first-order valence-electron chi connectivity index (χ1n) is 5.00. The number of hydrogen-bond donors (Lipinski definition) is 0. The maximum atomic E-state index is 6.47. The molecule has 2 aromatic heterocycles. The summed E-state index contributed by atoms with van der Waals surface area (Å²) < 4.78 is 1.31. The molecule has 0 N–H and O–H groups in total. The second kappa shape index (κ2) is 4.21. The van der Waals surface area contributed by atoms with Crippen LogP contribution in [0.15, 0.2) is 47.8 Å². The van der Waals surface area contributed by atoms with Crippen molar-refractivity contribution >= 4 is 44.4 Å². The quantitative estimate of drug-likeness (QED) is 0.552. The number of halogens is 1. The summed E-state index contributed by atoms with van der Waals surface area (Å²) in [6.45, 7) is 0. The number of thiophene rings is 2. The van der Waals surface area contributed by atoms with E-state index in [9.17, 15) is 0 Å². The Kier molecular flexibility index (Phi) is 2.72. The largest absolute Gasteiger partial charge is 0.147 e. The van der Waals surface area contributed by atoms with E-state index in [1.807, 2.05) is 6.07 Å². The first-order chi connectivity index (χ1) is 7.84. The highest BCUT2D eigenvalue weighted by Crippen LogP contribution is 2.38. The van der Waals surface area contributed by atoms with Gasteiger partial charge in [0.1, 0.15) is 5.38 Å². The van der Waals surface area contributed by atoms with Crippen molar-refractivity contribution in [2.75, 3.05) is 0 Å². The summed E-state index contributed by atoms with van der Waals surface area (Å²) in [6, 6.07) is 14.7. The molecule has 0 fully saturated rings. The van der Waals surface area contributed by atoms with Crippen molar-refractivity contribution in [2.45, 2.75) is 5.38 Å². The summed E-state index contributed by atoms with van der Waals surface area (Å²) >= 11 is 9.95. The van der Waals surface area contributed by atoms with Gasteiger partial charge in [0, 0.05) is 14.5 Å². The van der Waals surface area contributed by atoms with Crippen molar-refractivity contribution in [2.24, 2.45) is 0 Å². The molecule has 0 amide bonds. The predicted octanol–water partition coefficient (Wildman–Crippen LogP) is 5.29. The molecule has 0 saturated carbocycles. The molecular weight excluding hydrogens is 256 g/mol. The normalized spacial score (nSPS) is 13.1. The third-order valence-corrected chi connectivity index (χ3v) is 5.33. The first-order valence-corrected chi connectivity index (χ1v) is 7.14. The summed E-state index contributed by atoms with van der Waals surface area (Å²) in [5.74, 6) is 0. The van der Waals surface area contributed by atoms with Gasteiger partial charge >= 0.3 is 0 Å². The average Bonchev–Trinajstić information content (AvgIpc) is 2.97. The topological polar surface area (TPSA) is 0 Å². The van der Waals surface area contributed by atoms with Crippen molar-refractivity contribution in [1.29, 1.82) is 0 Å². The highest BCUT2D eigenvalue weighted by atomic mass is 35.5. The summed E-state index contributed by atoms with van der Waals surface area (Å²) in [5, 5.41) is 3.35. The van der Waals surface area contributed by atoms with Crippen LogP contribution in [-0.2, 0) is 0 Å². The van der Waals surface area contributed by atoms with Gasteiger partial charge < -0.3 is 0 Å². The van der Waals surface area contributed by atoms with Crippen LogP contribution >= 0.6 is 34.3 Å². The fraction of sp³-hybridized carbons (Fsp3) is 0.0769. The Morgan fingerprint density at radius 1 is 1.00 bits per heavy atom. The van der Waals surface area contributed by atoms with Gasteiger partial charge in [-0.1, -0.05) is 24.3 Å². The first kappa shape index (κ1) is 10.3. The van der Waals surface area contributed by atoms with Crippen LogP contribution in [0.2, 0.25) is 0 Å². The Morgan fingerprint density at radius 2 is 1.88 bits per heavy atom. The van der Waals surface area contributed by atoms with E-state index in [4.69, 9.17) is 11.6 Å². The van der Waals surface area contributed by atoms with E-state index in [1.165, 1.54) is 19.8 Å². The highest BCUT2D eigenvalue weighted by molar-refractivity contribution is 7.19. The predicted molar refractivity (Wildman–Crippen MR) is 73.8 cm³/mol. The van der Waals surface area contributed by atoms with Gasteiger partial charge in [0.15, 0.2) is 0 Å². The van der Waals surface area contributed by atoms with Crippen LogP contribution in [0, 0.1) is 0 Å². The van der Waals surface area contributed by atoms with Crippen LogP contribution in [0.25, 0.3) is 10.1 Å². The van der Waals surface area contributed by atoms with Gasteiger partial charge in [-0.05, 0) is 29.0 Å². The molecule has 3 aromatic rings. The second-order valence-corrected chi connectivity index (χ2v) is 6.10. The Morgan fingerprint density at radius 3 is 2.62 bits per heavy atom. The molecule has 0 aliphatic heterocycles. The van der Waals surface area contributed by atoms with Gasteiger partial charge in [-0.25, -0.2) is 0 Å². The minimum Gasteiger partial charge on any atom is -0.147 e. The molecule has 0 radical (unpaired) electrons. The molecule has 80 valence electrons. The van der Waals surface area contributed by atoms with Gasteiger partial charge in [0.05, 0.1) is 0 Å². The van der Waals surface area contributed by atoms with E-state index >= 15 is 0 Å². The summed E-state index contributed by atoms with van der Waals surface area (Å²) in [5.41, 5.74) is 0. The lowest BCUT2D eigenvalue weighted by molar-refractivity contribution is 1.24. The fourth-order valence-electron chi connectivity index (χ4n) is 1.70. The number of rotatable bonds is 2. The molecule has 2 heterocycles. The molecule has 3 heteroatoms. The van der Waals surface area contributed by atoms with Crippen molar-refractivity contribution in [1.82, 2.24) is 0 Å². The number of benzene rings is 1. The van der Waals surface area contributed by atoms with E-state index < -0.39 is 0 Å². The summed E-state index contributed by atoms with van der Waals surface area (Å²) in [4.78, 5) is 2.44. The Hall–Kier alpha value is -0.830. The maximum absolute atomic E-state index is 6.47. The van der Waals surface area contributed by atoms with Crippen LogP contribution in [-0.4, -0.2) is 0 Å². The number of fused-ring (bicyclic) bond motifs is 1. The maximum Gasteiger partial charge on any atom is 0.102 e. The van der Waals surface area contributed by atoms with Gasteiger partial charge in [0.25, 0.3) is 0 Å². The van der Waals surface area contributed by atoms with Crippen molar-refractivity contribution in [3.05, 3.63) is 57.6 Å². The third-order valence-electron chi connectivity index (χ3n) is 2.49. The molecule has 1 atom stereocenters. The van der Waals surface area contributed by atoms with E-state index in [0.717, 1.165) is 0 Å². The molecule has 0 aliphatic carbocycles. The van der Waals surface area contributed by atoms with Gasteiger partial charge in [-0.2, -0.15) is 0 Å². The van der Waals surface area contributed by atoms with Crippen LogP contribution < -0.4 is 0 Å². The standard InChI is InChI=1S/C13H9ClS2/c14-13(11-6-3-7-15-11)12-8-9-4-1-2-5-10(9)16-12/h1-8,13H. The van der Waals surface area contributed by atoms with Crippen LogP contribution in [0.1, 0.15) is 15.1 Å². The van der Waals surface area contributed by atoms with E-state index in [2.05, 4.69) is 41.8 Å². The molecule has 0 nitrogen and oxygen atoms in total. The lowest BCUT2D eigenvalue weighted by Gasteiger charge is -2.02. The smallest absolute Gasteiger partial charge is 0.102 e. The lowest BCUT2D eigenvalue weighted by atomic mass is 10.2. The van der Waals surface area contributed by atoms with Crippen molar-refractivity contribution in [3.8, 4) is 0 Å². The highest BCUT2D eigenvalue weighted by Gasteiger charge is 2.14. The molecule has 3 rings (SSSR count). The zero-order valence-corrected chi connectivity index (χ0v) is 10.8. The van der Waals surface area contributed by atoms with E-state index in [-0.39, 0.29) is 5.38 Å². The molecule has 1 aromatic carbocycles. The number of alkyl halides is 1. The zero-order chi connectivity index (χ0) is 11.0. The minimum atomic E-state index is -0.00241. The van der Waals surface area contributed by atoms with Crippen LogP contribution in [0.4, 0.5) is 0 Å². The molecule has 0 bridgehead atoms. The Bertz CT molecular complexity index is 562. The van der Waals surface area contributed by atoms with Crippen molar-refractivity contribution < 1.29 is 0 Å². The molecule has 0 saturated heterocycles. The fourth-order valence-corrected chi connectivity index (χ4v) is 3.98. The van der Waals surface area contributed by atoms with Gasteiger partial charge in [0.2, 0.25) is 0 Å². The van der Waals surface area contributed by atoms with Crippen LogP contribution in [0.3, 0.4) is 0 Å². The molecule has 1 unspecified atom stereocenters. The Balaban J connectivity index is 2.06. The van der Waals surface area contributed by atoms with Gasteiger partial charge in [-0.3, -0.25) is 0 Å². The average molecular weight is 265 g/mol. The van der Waals surface area contributed by atoms with Crippen LogP contribution in [0.5, 0.6) is 0 Å². The summed E-state index contributed by atoms with van der Waals surface area (Å²) in [7, 11) is 0. The molecular formula is C13H9ClS2. The van der Waals surface area contributed by atoms with E-state index in [0.29, 0.717) is 0 Å². The minimum absolute atomic E-state index is 0.00241. The molecule has 0 spiro atoms. The Labute approximate surface area is 107 Å². The molecule has 0 aliphatic rings. The number of hydrogen-bond acceptors (Lipinski definition) is 2. The van der Waals surface area contributed by atoms with Crippen molar-refractivity contribution in [3.63, 3.8) is 0 Å².